The number of morpholine rings is 1. The Bertz CT molecular complexity index is 1050. The van der Waals surface area contributed by atoms with Gasteiger partial charge in [0.25, 0.3) is 11.7 Å². The molecule has 0 unspecified atom stereocenters. The van der Waals surface area contributed by atoms with Crippen LogP contribution in [0.4, 0.5) is 0 Å². The largest absolute Gasteiger partial charge is 0.507 e. The summed E-state index contributed by atoms with van der Waals surface area (Å²) in [7, 11) is 1.46. The summed E-state index contributed by atoms with van der Waals surface area (Å²) in [5.74, 6) is -1.65. The average molecular weight is 453 g/mol. The summed E-state index contributed by atoms with van der Waals surface area (Å²) in [5, 5.41) is 21.5. The number of phenolic OH excluding ortho intramolecular Hbond substituents is 1. The van der Waals surface area contributed by atoms with Crippen LogP contribution >= 0.6 is 0 Å². The lowest BCUT2D eigenvalue weighted by Gasteiger charge is -2.29. The molecule has 2 aliphatic rings. The molecule has 2 aromatic rings. The Morgan fingerprint density at radius 3 is 2.48 bits per heavy atom. The number of hydrogen-bond acceptors (Lipinski definition) is 7. The zero-order valence-electron chi connectivity index (χ0n) is 18.6. The molecule has 2 aliphatic heterocycles. The third-order valence-corrected chi connectivity index (χ3v) is 6.09. The van der Waals surface area contributed by atoms with E-state index in [-0.39, 0.29) is 16.9 Å². The van der Waals surface area contributed by atoms with E-state index in [0.717, 1.165) is 25.2 Å². The summed E-state index contributed by atoms with van der Waals surface area (Å²) in [5.41, 5.74) is 0.763. The van der Waals surface area contributed by atoms with Gasteiger partial charge in [-0.2, -0.15) is 0 Å². The molecule has 4 rings (SSSR count). The molecule has 0 aromatic heterocycles. The maximum absolute atomic E-state index is 13.1. The minimum absolute atomic E-state index is 0.0296. The first-order chi connectivity index (χ1) is 16.0. The maximum atomic E-state index is 13.1. The van der Waals surface area contributed by atoms with Gasteiger partial charge in [0.05, 0.1) is 37.5 Å². The molecule has 0 aliphatic carbocycles. The number of aliphatic hydroxyl groups excluding tert-OH is 1. The number of ether oxygens (including phenoxy) is 2. The van der Waals surface area contributed by atoms with E-state index in [4.69, 9.17) is 9.47 Å². The fourth-order valence-corrected chi connectivity index (χ4v) is 4.37. The van der Waals surface area contributed by atoms with Gasteiger partial charge in [0.1, 0.15) is 17.3 Å². The molecule has 0 saturated carbocycles. The molecule has 8 nitrogen and oxygen atoms in total. The molecular formula is C25H28N2O6. The van der Waals surface area contributed by atoms with E-state index < -0.39 is 23.5 Å². The Hall–Kier alpha value is -3.36. The molecule has 0 bridgehead atoms. The number of methoxy groups -OCH3 is 1. The molecule has 2 fully saturated rings. The third-order valence-electron chi connectivity index (χ3n) is 6.09. The zero-order valence-corrected chi connectivity index (χ0v) is 18.6. The van der Waals surface area contributed by atoms with E-state index in [9.17, 15) is 19.8 Å². The minimum atomic E-state index is -0.761. The Labute approximate surface area is 192 Å². The number of ketones is 1. The fourth-order valence-electron chi connectivity index (χ4n) is 4.37. The number of nitrogens with zero attached hydrogens (tertiary/aromatic N) is 2. The Balaban J connectivity index is 1.67. The number of rotatable bonds is 7. The second kappa shape index (κ2) is 10.1. The fraction of sp³-hybridized carbons (Fsp3) is 0.360. The van der Waals surface area contributed by atoms with Crippen molar-refractivity contribution in [1.29, 1.82) is 0 Å². The standard InChI is InChI=1S/C25H28N2O6/c1-32-18-8-9-19(20(28)16-18)23(29)21-22(17-6-3-2-4-7-17)27(25(31)24(21)30)11-5-10-26-12-14-33-15-13-26/h2-4,6-9,16,22,28-29H,5,10-15H2,1H3/t22-/m1/s1. The molecule has 2 N–H and O–H groups in total. The molecule has 174 valence electrons. The van der Waals surface area contributed by atoms with Gasteiger partial charge >= 0.3 is 0 Å². The Morgan fingerprint density at radius 1 is 1.09 bits per heavy atom. The highest BCUT2D eigenvalue weighted by molar-refractivity contribution is 6.46. The monoisotopic (exact) mass is 452 g/mol. The number of carbonyl (C=O) groups is 2. The van der Waals surface area contributed by atoms with E-state index in [0.29, 0.717) is 31.9 Å². The van der Waals surface area contributed by atoms with Gasteiger partial charge in [-0.3, -0.25) is 14.5 Å². The molecule has 2 heterocycles. The number of carbonyl (C=O) groups excluding carboxylic acids is 2. The van der Waals surface area contributed by atoms with Gasteiger partial charge in [-0.1, -0.05) is 30.3 Å². The summed E-state index contributed by atoms with van der Waals surface area (Å²) >= 11 is 0. The maximum Gasteiger partial charge on any atom is 0.295 e. The Morgan fingerprint density at radius 2 is 1.82 bits per heavy atom. The number of Topliss-reactive ketones (excluding diaryl/α,β-unsaturated/α-hetero) is 1. The normalized spacial score (nSPS) is 20.9. The predicted octanol–water partition coefficient (Wildman–Crippen LogP) is 2.54. The van der Waals surface area contributed by atoms with Crippen molar-refractivity contribution in [3.63, 3.8) is 0 Å². The molecule has 2 saturated heterocycles. The lowest BCUT2D eigenvalue weighted by Crippen LogP contribution is -2.38. The highest BCUT2D eigenvalue weighted by Crippen LogP contribution is 2.41. The van der Waals surface area contributed by atoms with Crippen LogP contribution in [0, 0.1) is 0 Å². The van der Waals surface area contributed by atoms with Gasteiger partial charge in [0.2, 0.25) is 0 Å². The molecule has 0 spiro atoms. The first-order valence-corrected chi connectivity index (χ1v) is 11.0. The van der Waals surface area contributed by atoms with E-state index in [2.05, 4.69) is 4.90 Å². The van der Waals surface area contributed by atoms with Crippen LogP contribution in [0.2, 0.25) is 0 Å². The number of aliphatic hydroxyl groups is 1. The van der Waals surface area contributed by atoms with Gasteiger partial charge in [-0.05, 0) is 24.1 Å². The average Bonchev–Trinajstić information content (AvgIpc) is 3.10. The van der Waals surface area contributed by atoms with Gasteiger partial charge < -0.3 is 24.6 Å². The highest BCUT2D eigenvalue weighted by Gasteiger charge is 2.46. The minimum Gasteiger partial charge on any atom is -0.507 e. The molecule has 1 atom stereocenters. The van der Waals surface area contributed by atoms with Crippen molar-refractivity contribution < 1.29 is 29.3 Å². The predicted molar refractivity (Wildman–Crippen MR) is 122 cm³/mol. The quantitative estimate of drug-likeness (QED) is 0.378. The van der Waals surface area contributed by atoms with Gasteiger partial charge in [0, 0.05) is 32.2 Å². The van der Waals surface area contributed by atoms with Crippen molar-refractivity contribution in [2.24, 2.45) is 0 Å². The van der Waals surface area contributed by atoms with Crippen molar-refractivity contribution in [3.05, 3.63) is 65.2 Å². The van der Waals surface area contributed by atoms with Crippen LogP contribution in [0.5, 0.6) is 11.5 Å². The summed E-state index contributed by atoms with van der Waals surface area (Å²) in [6, 6.07) is 12.8. The van der Waals surface area contributed by atoms with E-state index in [1.165, 1.54) is 24.1 Å². The van der Waals surface area contributed by atoms with Crippen molar-refractivity contribution in [1.82, 2.24) is 9.80 Å². The van der Waals surface area contributed by atoms with Crippen molar-refractivity contribution in [2.75, 3.05) is 46.5 Å². The molecule has 1 amide bonds. The molecule has 8 heteroatoms. The van der Waals surface area contributed by atoms with Crippen molar-refractivity contribution >= 4 is 17.4 Å². The van der Waals surface area contributed by atoms with Crippen LogP contribution in [0.1, 0.15) is 23.6 Å². The topological polar surface area (TPSA) is 99.5 Å². The molecular weight excluding hydrogens is 424 g/mol. The molecule has 33 heavy (non-hydrogen) atoms. The number of likely N-dealkylation sites (tertiary alicyclic amines) is 1. The summed E-state index contributed by atoms with van der Waals surface area (Å²) in [4.78, 5) is 29.9. The van der Waals surface area contributed by atoms with E-state index in [1.54, 1.807) is 6.07 Å². The van der Waals surface area contributed by atoms with Gasteiger partial charge in [-0.15, -0.1) is 0 Å². The highest BCUT2D eigenvalue weighted by atomic mass is 16.5. The van der Waals surface area contributed by atoms with Crippen molar-refractivity contribution in [2.45, 2.75) is 12.5 Å². The van der Waals surface area contributed by atoms with E-state index in [1.807, 2.05) is 30.3 Å². The van der Waals surface area contributed by atoms with Crippen LogP contribution in [0.3, 0.4) is 0 Å². The first-order valence-electron chi connectivity index (χ1n) is 11.0. The summed E-state index contributed by atoms with van der Waals surface area (Å²) in [6.07, 6.45) is 0.685. The number of phenols is 1. The Kier molecular flexibility index (Phi) is 6.96. The van der Waals surface area contributed by atoms with Crippen LogP contribution in [0.15, 0.2) is 54.1 Å². The van der Waals surface area contributed by atoms with Crippen LogP contribution < -0.4 is 4.74 Å². The van der Waals surface area contributed by atoms with Gasteiger partial charge in [-0.25, -0.2) is 0 Å². The van der Waals surface area contributed by atoms with Gasteiger partial charge in [0.15, 0.2) is 0 Å². The lowest BCUT2D eigenvalue weighted by atomic mass is 9.95. The second-order valence-electron chi connectivity index (χ2n) is 8.09. The smallest absolute Gasteiger partial charge is 0.295 e. The lowest BCUT2D eigenvalue weighted by molar-refractivity contribution is -0.140. The van der Waals surface area contributed by atoms with Crippen molar-refractivity contribution in [3.8, 4) is 11.5 Å². The number of aromatic hydroxyl groups is 1. The number of hydrogen-bond donors (Lipinski definition) is 2. The first kappa shape index (κ1) is 22.8. The SMILES string of the molecule is COc1ccc(C(O)=C2C(=O)C(=O)N(CCCN3CCOCC3)[C@@H]2c2ccccc2)c(O)c1. The summed E-state index contributed by atoms with van der Waals surface area (Å²) in [6.45, 7) is 4.23. The number of benzene rings is 2. The number of amides is 1. The van der Waals surface area contributed by atoms with E-state index >= 15 is 0 Å². The van der Waals surface area contributed by atoms with Crippen LogP contribution in [-0.2, 0) is 14.3 Å². The second-order valence-corrected chi connectivity index (χ2v) is 8.09. The van der Waals surface area contributed by atoms with Crippen LogP contribution in [-0.4, -0.2) is 78.2 Å². The van der Waals surface area contributed by atoms with Crippen LogP contribution in [0.25, 0.3) is 5.76 Å². The third kappa shape index (κ3) is 4.72. The molecule has 2 aromatic carbocycles. The summed E-state index contributed by atoms with van der Waals surface area (Å²) < 4.78 is 10.5. The zero-order chi connectivity index (χ0) is 23.4. The molecule has 0 radical (unpaired) electrons.